The van der Waals surface area contributed by atoms with E-state index in [4.69, 9.17) is 4.74 Å². The first-order valence-electron chi connectivity index (χ1n) is 6.56. The van der Waals surface area contributed by atoms with Crippen LogP contribution >= 0.6 is 0 Å². The number of hydrogen-bond donors (Lipinski definition) is 1. The van der Waals surface area contributed by atoms with Crippen molar-refractivity contribution in [2.45, 2.75) is 58.7 Å². The third kappa shape index (κ3) is 5.10. The van der Waals surface area contributed by atoms with Gasteiger partial charge in [0.15, 0.2) is 5.82 Å². The molecule has 0 aliphatic rings. The number of nitrogens with one attached hydrogen (secondary N) is 1. The molecule has 1 aromatic heterocycles. The van der Waals surface area contributed by atoms with E-state index in [1.807, 2.05) is 12.3 Å². The Hall–Kier alpha value is -1.00. The molecule has 1 N–H and O–H groups in total. The first-order valence-corrected chi connectivity index (χ1v) is 6.56. The van der Waals surface area contributed by atoms with Crippen molar-refractivity contribution in [2.75, 3.05) is 7.11 Å². The van der Waals surface area contributed by atoms with Gasteiger partial charge < -0.3 is 10.1 Å². The van der Waals surface area contributed by atoms with E-state index in [1.165, 1.54) is 0 Å². The van der Waals surface area contributed by atoms with Crippen LogP contribution in [0.25, 0.3) is 0 Å². The van der Waals surface area contributed by atoms with E-state index in [9.17, 15) is 0 Å². The maximum Gasteiger partial charge on any atom is 0.157 e. The molecule has 102 valence electrons. The first kappa shape index (κ1) is 15.1. The average molecular weight is 251 g/mol. The number of methoxy groups -OCH3 is 1. The number of ether oxygens (including phenoxy) is 1. The van der Waals surface area contributed by atoms with Gasteiger partial charge in [0.2, 0.25) is 0 Å². The van der Waals surface area contributed by atoms with Crippen LogP contribution in [0.5, 0.6) is 0 Å². The molecule has 0 aromatic carbocycles. The summed E-state index contributed by atoms with van der Waals surface area (Å²) in [5, 5.41) is 3.42. The fraction of sp³-hybridized carbons (Fsp3) is 0.714. The van der Waals surface area contributed by atoms with Crippen LogP contribution in [0.1, 0.15) is 58.2 Å². The van der Waals surface area contributed by atoms with E-state index >= 15 is 0 Å². The van der Waals surface area contributed by atoms with E-state index in [-0.39, 0.29) is 11.6 Å². The minimum atomic E-state index is 0.00425. The molecule has 1 aromatic rings. The largest absolute Gasteiger partial charge is 0.373 e. The van der Waals surface area contributed by atoms with Crippen molar-refractivity contribution in [3.8, 4) is 0 Å². The van der Waals surface area contributed by atoms with Crippen molar-refractivity contribution in [1.29, 1.82) is 0 Å². The van der Waals surface area contributed by atoms with Crippen molar-refractivity contribution in [1.82, 2.24) is 15.3 Å². The third-order valence-corrected chi connectivity index (χ3v) is 2.66. The Morgan fingerprint density at radius 3 is 2.67 bits per heavy atom. The van der Waals surface area contributed by atoms with Gasteiger partial charge in [-0.15, -0.1) is 0 Å². The van der Waals surface area contributed by atoms with Crippen LogP contribution in [0.15, 0.2) is 12.3 Å². The molecule has 1 rings (SSSR count). The second-order valence-electron chi connectivity index (χ2n) is 5.52. The van der Waals surface area contributed by atoms with Crippen LogP contribution in [0, 0.1) is 0 Å². The van der Waals surface area contributed by atoms with E-state index in [2.05, 4.69) is 43.0 Å². The molecule has 18 heavy (non-hydrogen) atoms. The van der Waals surface area contributed by atoms with Gasteiger partial charge in [-0.1, -0.05) is 13.3 Å². The van der Waals surface area contributed by atoms with Gasteiger partial charge in [0, 0.05) is 25.4 Å². The van der Waals surface area contributed by atoms with Gasteiger partial charge in [0.25, 0.3) is 0 Å². The number of rotatable bonds is 6. The minimum absolute atomic E-state index is 0.00425. The van der Waals surface area contributed by atoms with Gasteiger partial charge in [-0.05, 0) is 33.3 Å². The zero-order valence-corrected chi connectivity index (χ0v) is 12.2. The molecule has 4 nitrogen and oxygen atoms in total. The van der Waals surface area contributed by atoms with Crippen LogP contribution in [0.2, 0.25) is 0 Å². The highest BCUT2D eigenvalue weighted by molar-refractivity contribution is 5.04. The number of hydrogen-bond acceptors (Lipinski definition) is 4. The van der Waals surface area contributed by atoms with Gasteiger partial charge in [-0.25, -0.2) is 9.97 Å². The molecule has 4 heteroatoms. The monoisotopic (exact) mass is 251 g/mol. The summed E-state index contributed by atoms with van der Waals surface area (Å²) >= 11 is 0. The lowest BCUT2D eigenvalue weighted by atomic mass is 10.1. The van der Waals surface area contributed by atoms with Crippen molar-refractivity contribution in [2.24, 2.45) is 0 Å². The lowest BCUT2D eigenvalue weighted by Gasteiger charge is -2.20. The Labute approximate surface area is 110 Å². The molecule has 1 unspecified atom stereocenters. The fourth-order valence-corrected chi connectivity index (χ4v) is 1.64. The van der Waals surface area contributed by atoms with Gasteiger partial charge in [-0.2, -0.15) is 0 Å². The maximum absolute atomic E-state index is 5.43. The van der Waals surface area contributed by atoms with Gasteiger partial charge in [0.05, 0.1) is 5.69 Å². The van der Waals surface area contributed by atoms with Gasteiger partial charge in [-0.3, -0.25) is 0 Å². The molecular formula is C14H25N3O. The first-order chi connectivity index (χ1) is 8.46. The maximum atomic E-state index is 5.43. The molecule has 0 radical (unpaired) electrons. The molecule has 0 fully saturated rings. The van der Waals surface area contributed by atoms with Crippen LogP contribution < -0.4 is 5.32 Å². The van der Waals surface area contributed by atoms with Gasteiger partial charge >= 0.3 is 0 Å². The predicted octanol–water partition coefficient (Wildman–Crippen LogP) is 2.85. The lowest BCUT2D eigenvalue weighted by molar-refractivity contribution is 0.0873. The SMILES string of the molecule is CCCC(OC)c1nccc(CNC(C)(C)C)n1. The number of nitrogens with zero attached hydrogens (tertiary/aromatic N) is 2. The van der Waals surface area contributed by atoms with E-state index in [1.54, 1.807) is 7.11 Å². The summed E-state index contributed by atoms with van der Waals surface area (Å²) in [6, 6.07) is 1.95. The molecule has 0 saturated carbocycles. The fourth-order valence-electron chi connectivity index (χ4n) is 1.64. The lowest BCUT2D eigenvalue weighted by Crippen LogP contribution is -2.35. The predicted molar refractivity (Wildman–Crippen MR) is 73.3 cm³/mol. The Morgan fingerprint density at radius 2 is 2.11 bits per heavy atom. The smallest absolute Gasteiger partial charge is 0.157 e. The highest BCUT2D eigenvalue weighted by atomic mass is 16.5. The molecule has 1 heterocycles. The zero-order valence-electron chi connectivity index (χ0n) is 12.2. The van der Waals surface area contributed by atoms with E-state index < -0.39 is 0 Å². The average Bonchev–Trinajstić information content (AvgIpc) is 2.33. The summed E-state index contributed by atoms with van der Waals surface area (Å²) in [7, 11) is 1.71. The minimum Gasteiger partial charge on any atom is -0.373 e. The summed E-state index contributed by atoms with van der Waals surface area (Å²) in [5.74, 6) is 0.785. The summed E-state index contributed by atoms with van der Waals surface area (Å²) in [5.41, 5.74) is 1.10. The van der Waals surface area contributed by atoms with Crippen molar-refractivity contribution < 1.29 is 4.74 Å². The highest BCUT2D eigenvalue weighted by Gasteiger charge is 2.14. The highest BCUT2D eigenvalue weighted by Crippen LogP contribution is 2.18. The topological polar surface area (TPSA) is 47.0 Å². The van der Waals surface area contributed by atoms with Crippen LogP contribution in [-0.2, 0) is 11.3 Å². The Balaban J connectivity index is 2.72. The van der Waals surface area contributed by atoms with Gasteiger partial charge in [0.1, 0.15) is 6.10 Å². The normalized spacial score (nSPS) is 13.6. The van der Waals surface area contributed by atoms with Crippen LogP contribution in [0.4, 0.5) is 0 Å². The summed E-state index contributed by atoms with van der Waals surface area (Å²) in [6.45, 7) is 9.32. The van der Waals surface area contributed by atoms with Crippen LogP contribution in [-0.4, -0.2) is 22.6 Å². The summed E-state index contributed by atoms with van der Waals surface area (Å²) in [4.78, 5) is 8.88. The standard InChI is InChI=1S/C14H25N3O/c1-6-7-12(18-5)13-15-9-8-11(17-13)10-16-14(2,3)4/h8-9,12,16H,6-7,10H2,1-5H3. The quantitative estimate of drug-likeness (QED) is 0.844. The van der Waals surface area contributed by atoms with E-state index in [0.717, 1.165) is 30.9 Å². The number of aromatic nitrogens is 2. The third-order valence-electron chi connectivity index (χ3n) is 2.66. The molecule has 0 bridgehead atoms. The van der Waals surface area contributed by atoms with Crippen LogP contribution in [0.3, 0.4) is 0 Å². The Kier molecular flexibility index (Phi) is 5.69. The molecular weight excluding hydrogens is 226 g/mol. The van der Waals surface area contributed by atoms with Crippen molar-refractivity contribution in [3.05, 3.63) is 23.8 Å². The second kappa shape index (κ2) is 6.81. The molecule has 0 saturated heterocycles. The molecule has 1 atom stereocenters. The molecule has 0 aliphatic carbocycles. The zero-order chi connectivity index (χ0) is 13.6. The summed E-state index contributed by atoms with van der Waals surface area (Å²) < 4.78 is 5.43. The molecule has 0 spiro atoms. The van der Waals surface area contributed by atoms with E-state index in [0.29, 0.717) is 0 Å². The van der Waals surface area contributed by atoms with Crippen molar-refractivity contribution >= 4 is 0 Å². The summed E-state index contributed by atoms with van der Waals surface area (Å²) in [6.07, 6.45) is 3.83. The Morgan fingerprint density at radius 1 is 1.39 bits per heavy atom. The second-order valence-corrected chi connectivity index (χ2v) is 5.52. The Bertz CT molecular complexity index is 360. The van der Waals surface area contributed by atoms with Crippen molar-refractivity contribution in [3.63, 3.8) is 0 Å². The molecule has 0 amide bonds. The molecule has 0 aliphatic heterocycles.